The maximum absolute atomic E-state index is 13.5. The number of benzene rings is 3. The molecule has 1 aliphatic rings. The summed E-state index contributed by atoms with van der Waals surface area (Å²) in [5, 5.41) is 18.7. The molecule has 2 atom stereocenters. The lowest BCUT2D eigenvalue weighted by Gasteiger charge is -2.39. The normalized spacial score (nSPS) is 18.5. The molecule has 0 amide bonds. The average molecular weight is 532 g/mol. The van der Waals surface area contributed by atoms with Crippen LogP contribution in [0.4, 0.5) is 4.39 Å². The Balaban J connectivity index is 1.46. The molecule has 0 spiro atoms. The third-order valence-corrected chi connectivity index (χ3v) is 7.53. The summed E-state index contributed by atoms with van der Waals surface area (Å²) in [6, 6.07) is 23.1. The Morgan fingerprint density at radius 3 is 2.58 bits per heavy atom. The van der Waals surface area contributed by atoms with E-state index in [1.54, 1.807) is 30.5 Å². The largest absolute Gasteiger partial charge is 0.436 e. The molecule has 196 valence electrons. The van der Waals surface area contributed by atoms with Crippen LogP contribution in [0.15, 0.2) is 88.2 Å². The number of nitrogens with zero attached hydrogens (tertiary/aromatic N) is 4. The molecule has 1 unspecified atom stereocenters. The number of aromatic amines is 2. The first kappa shape index (κ1) is 23.8. The van der Waals surface area contributed by atoms with Crippen molar-refractivity contribution in [3.8, 4) is 17.3 Å². The number of H-pyrrole nitrogens is 2. The number of para-hydroxylation sites is 1. The molecule has 9 nitrogen and oxygen atoms in total. The zero-order valence-electron chi connectivity index (χ0n) is 21.3. The third kappa shape index (κ3) is 3.60. The van der Waals surface area contributed by atoms with Crippen molar-refractivity contribution >= 4 is 10.9 Å². The van der Waals surface area contributed by atoms with E-state index in [4.69, 9.17) is 9.40 Å². The molecule has 6 aromatic rings. The highest BCUT2D eigenvalue weighted by Gasteiger charge is 2.50. The Bertz CT molecular complexity index is 1980. The number of nitriles is 1. The quantitative estimate of drug-likeness (QED) is 0.309. The van der Waals surface area contributed by atoms with Crippen LogP contribution >= 0.6 is 0 Å². The molecule has 40 heavy (non-hydrogen) atoms. The van der Waals surface area contributed by atoms with E-state index in [0.717, 1.165) is 43.7 Å². The van der Waals surface area contributed by atoms with Gasteiger partial charge in [-0.05, 0) is 65.6 Å². The van der Waals surface area contributed by atoms with Crippen molar-refractivity contribution in [2.45, 2.75) is 18.0 Å². The van der Waals surface area contributed by atoms with E-state index in [1.807, 2.05) is 30.3 Å². The molecule has 0 saturated heterocycles. The van der Waals surface area contributed by atoms with Crippen LogP contribution in [-0.4, -0.2) is 24.7 Å². The second kappa shape index (κ2) is 8.90. The highest BCUT2D eigenvalue weighted by Crippen LogP contribution is 2.45. The van der Waals surface area contributed by atoms with Gasteiger partial charge in [-0.2, -0.15) is 9.94 Å². The number of hydrogen-bond acceptors (Lipinski definition) is 6. The standard InChI is InChI=1S/C30H22FN7O2/c1-38-29(39)40-28(37-38)30(19-10-6-17(15-32)7-11-19)26-22(21-4-2-3-5-23(21)34-26)14-24(36-30)27-33-16-25(35-27)18-8-12-20(31)13-9-18/h2-13,16,24,34,36H,14H2,1H3,(H,33,35)/t24-,30?/m1/s1. The summed E-state index contributed by atoms with van der Waals surface area (Å²) in [6.45, 7) is 0. The lowest BCUT2D eigenvalue weighted by atomic mass is 9.78. The van der Waals surface area contributed by atoms with Gasteiger partial charge in [-0.3, -0.25) is 5.32 Å². The van der Waals surface area contributed by atoms with E-state index in [1.165, 1.54) is 19.2 Å². The number of nitrogens with one attached hydrogen (secondary N) is 3. The van der Waals surface area contributed by atoms with Crippen LogP contribution in [0.3, 0.4) is 0 Å². The summed E-state index contributed by atoms with van der Waals surface area (Å²) in [4.78, 5) is 24.2. The Hall–Kier alpha value is -5.27. The minimum Gasteiger partial charge on any atom is -0.389 e. The summed E-state index contributed by atoms with van der Waals surface area (Å²) in [5.41, 5.74) is 4.31. The second-order valence-corrected chi connectivity index (χ2v) is 9.85. The van der Waals surface area contributed by atoms with Gasteiger partial charge < -0.3 is 14.4 Å². The highest BCUT2D eigenvalue weighted by molar-refractivity contribution is 5.86. The number of rotatable bonds is 4. The molecule has 0 bridgehead atoms. The lowest BCUT2D eigenvalue weighted by molar-refractivity contribution is 0.284. The molecule has 3 aromatic carbocycles. The van der Waals surface area contributed by atoms with Crippen molar-refractivity contribution < 1.29 is 8.81 Å². The van der Waals surface area contributed by atoms with Crippen LogP contribution in [0, 0.1) is 17.1 Å². The minimum atomic E-state index is -1.21. The Morgan fingerprint density at radius 1 is 1.07 bits per heavy atom. The van der Waals surface area contributed by atoms with Crippen molar-refractivity contribution in [2.24, 2.45) is 7.05 Å². The zero-order chi connectivity index (χ0) is 27.4. The Morgan fingerprint density at radius 2 is 1.85 bits per heavy atom. The molecule has 4 heterocycles. The molecule has 0 radical (unpaired) electrons. The van der Waals surface area contributed by atoms with E-state index in [2.05, 4.69) is 32.5 Å². The molecular formula is C30H22FN7O2. The van der Waals surface area contributed by atoms with Crippen LogP contribution < -0.4 is 11.1 Å². The first-order chi connectivity index (χ1) is 19.5. The van der Waals surface area contributed by atoms with Crippen molar-refractivity contribution in [3.05, 3.63) is 129 Å². The van der Waals surface area contributed by atoms with E-state index in [9.17, 15) is 14.4 Å². The first-order valence-corrected chi connectivity index (χ1v) is 12.7. The fourth-order valence-electron chi connectivity index (χ4n) is 5.59. The van der Waals surface area contributed by atoms with Crippen LogP contribution in [0.1, 0.15) is 40.1 Å². The van der Waals surface area contributed by atoms with Gasteiger partial charge in [0.1, 0.15) is 11.6 Å². The summed E-state index contributed by atoms with van der Waals surface area (Å²) < 4.78 is 20.5. The fourth-order valence-corrected chi connectivity index (χ4v) is 5.59. The molecule has 0 aliphatic carbocycles. The zero-order valence-corrected chi connectivity index (χ0v) is 21.3. The molecule has 0 fully saturated rings. The summed E-state index contributed by atoms with van der Waals surface area (Å²) in [7, 11) is 1.54. The molecular weight excluding hydrogens is 509 g/mol. The van der Waals surface area contributed by atoms with Crippen LogP contribution in [0.2, 0.25) is 0 Å². The van der Waals surface area contributed by atoms with Crippen LogP contribution in [-0.2, 0) is 19.0 Å². The van der Waals surface area contributed by atoms with Gasteiger partial charge in [-0.25, -0.2) is 14.2 Å². The monoisotopic (exact) mass is 531 g/mol. The number of imidazole rings is 1. The number of fused-ring (bicyclic) bond motifs is 3. The summed E-state index contributed by atoms with van der Waals surface area (Å²) >= 11 is 0. The van der Waals surface area contributed by atoms with Crippen LogP contribution in [0.5, 0.6) is 0 Å². The summed E-state index contributed by atoms with van der Waals surface area (Å²) in [6.07, 6.45) is 2.30. The number of aryl methyl sites for hydroxylation is 1. The predicted molar refractivity (Wildman–Crippen MR) is 145 cm³/mol. The van der Waals surface area contributed by atoms with Crippen molar-refractivity contribution in [2.75, 3.05) is 0 Å². The molecule has 3 aromatic heterocycles. The van der Waals surface area contributed by atoms with Gasteiger partial charge in [0.05, 0.1) is 35.3 Å². The average Bonchev–Trinajstić information content (AvgIpc) is 3.71. The minimum absolute atomic E-state index is 0.160. The topological polar surface area (TPSA) is 128 Å². The van der Waals surface area contributed by atoms with Crippen molar-refractivity contribution in [1.29, 1.82) is 5.26 Å². The number of aromatic nitrogens is 5. The predicted octanol–water partition coefficient (Wildman–Crippen LogP) is 4.43. The third-order valence-electron chi connectivity index (χ3n) is 7.53. The van der Waals surface area contributed by atoms with Crippen molar-refractivity contribution in [1.82, 2.24) is 30.0 Å². The van der Waals surface area contributed by atoms with E-state index < -0.39 is 11.3 Å². The molecule has 1 aliphatic heterocycles. The van der Waals surface area contributed by atoms with Gasteiger partial charge in [0.15, 0.2) is 5.54 Å². The van der Waals surface area contributed by atoms with Crippen LogP contribution in [0.25, 0.3) is 22.2 Å². The number of halogens is 1. The summed E-state index contributed by atoms with van der Waals surface area (Å²) in [5.74, 6) is -0.0892. The molecule has 7 rings (SSSR count). The fraction of sp³-hybridized carbons (Fsp3) is 0.133. The SMILES string of the molecule is Cn1nc(C2(c3ccc(C#N)cc3)N[C@@H](c3ncc(-c4ccc(F)cc4)[nH]3)Cc3c2[nH]c2ccccc32)oc1=O. The Labute approximate surface area is 226 Å². The first-order valence-electron chi connectivity index (χ1n) is 12.7. The Kier molecular flexibility index (Phi) is 5.30. The van der Waals surface area contributed by atoms with Crippen molar-refractivity contribution in [3.63, 3.8) is 0 Å². The molecule has 3 N–H and O–H groups in total. The smallest absolute Gasteiger partial charge is 0.389 e. The molecule has 0 saturated carbocycles. The van der Waals surface area contributed by atoms with Gasteiger partial charge >= 0.3 is 5.76 Å². The van der Waals surface area contributed by atoms with Gasteiger partial charge in [0.25, 0.3) is 0 Å². The maximum atomic E-state index is 13.5. The lowest BCUT2D eigenvalue weighted by Crippen LogP contribution is -2.51. The maximum Gasteiger partial charge on any atom is 0.436 e. The second-order valence-electron chi connectivity index (χ2n) is 9.85. The van der Waals surface area contributed by atoms with E-state index >= 15 is 0 Å². The number of hydrogen-bond donors (Lipinski definition) is 3. The highest BCUT2D eigenvalue weighted by atomic mass is 19.1. The molecule has 10 heteroatoms. The van der Waals surface area contributed by atoms with Gasteiger partial charge in [0.2, 0.25) is 5.89 Å². The van der Waals surface area contributed by atoms with E-state index in [0.29, 0.717) is 17.8 Å². The van der Waals surface area contributed by atoms with Gasteiger partial charge in [0, 0.05) is 18.0 Å². The van der Waals surface area contributed by atoms with E-state index in [-0.39, 0.29) is 17.7 Å². The van der Waals surface area contributed by atoms with Gasteiger partial charge in [-0.1, -0.05) is 30.3 Å². The van der Waals surface area contributed by atoms with Gasteiger partial charge in [-0.15, -0.1) is 5.10 Å².